The normalized spacial score (nSPS) is 11.7. The lowest BCUT2D eigenvalue weighted by Crippen LogP contribution is -2.04. The van der Waals surface area contributed by atoms with Gasteiger partial charge in [-0.3, -0.25) is 4.55 Å². The van der Waals surface area contributed by atoms with Crippen molar-refractivity contribution in [1.82, 2.24) is 0 Å². The van der Waals surface area contributed by atoms with Gasteiger partial charge in [-0.1, -0.05) is 17.7 Å². The molecule has 90 valence electrons. The largest absolute Gasteiger partial charge is 0.396 e. The predicted octanol–water partition coefficient (Wildman–Crippen LogP) is 1.90. The Kier molecular flexibility index (Phi) is 4.73. The maximum atomic E-state index is 11.1. The van der Waals surface area contributed by atoms with Gasteiger partial charge in [-0.25, -0.2) is 0 Å². The van der Waals surface area contributed by atoms with Crippen LogP contribution in [0.3, 0.4) is 0 Å². The number of aliphatic hydroxyl groups excluding tert-OH is 1. The minimum Gasteiger partial charge on any atom is -0.396 e. The van der Waals surface area contributed by atoms with Gasteiger partial charge in [0.1, 0.15) is 0 Å². The summed E-state index contributed by atoms with van der Waals surface area (Å²) < 4.78 is 31.2. The van der Waals surface area contributed by atoms with E-state index in [2.05, 4.69) is 0 Å². The van der Waals surface area contributed by atoms with Crippen molar-refractivity contribution in [3.8, 4) is 0 Å². The summed E-state index contributed by atoms with van der Waals surface area (Å²) in [5, 5.41) is 8.96. The summed E-state index contributed by atoms with van der Waals surface area (Å²) in [6, 6.07) is 4.36. The van der Waals surface area contributed by atoms with Gasteiger partial charge >= 0.3 is 0 Å². The molecule has 2 N–H and O–H groups in total. The van der Waals surface area contributed by atoms with Gasteiger partial charge in [-0.15, -0.1) is 0 Å². The highest BCUT2D eigenvalue weighted by Crippen LogP contribution is 2.25. The van der Waals surface area contributed by atoms with Crippen LogP contribution in [0.15, 0.2) is 23.1 Å². The molecule has 0 atom stereocenters. The molecule has 0 spiro atoms. The van der Waals surface area contributed by atoms with E-state index in [-0.39, 0.29) is 11.5 Å². The zero-order chi connectivity index (χ0) is 12.2. The number of hydrogen-bond acceptors (Lipinski definition) is 3. The molecular formula is C10H13ClO4S. The first-order valence-corrected chi connectivity index (χ1v) is 6.64. The average Bonchev–Trinajstić information content (AvgIpc) is 2.19. The van der Waals surface area contributed by atoms with Gasteiger partial charge in [0.05, 0.1) is 4.90 Å². The van der Waals surface area contributed by atoms with Crippen LogP contribution in [-0.2, 0) is 16.5 Å². The highest BCUT2D eigenvalue weighted by atomic mass is 35.5. The Morgan fingerprint density at radius 2 is 1.94 bits per heavy atom. The van der Waals surface area contributed by atoms with Crippen molar-refractivity contribution in [3.63, 3.8) is 0 Å². The number of hydrogen-bond donors (Lipinski definition) is 2. The minimum absolute atomic E-state index is 0.0473. The summed E-state index contributed by atoms with van der Waals surface area (Å²) in [5.41, 5.74) is 0.403. The van der Waals surface area contributed by atoms with Gasteiger partial charge in [0.15, 0.2) is 0 Å². The summed E-state index contributed by atoms with van der Waals surface area (Å²) in [7, 11) is -4.24. The van der Waals surface area contributed by atoms with Crippen LogP contribution in [-0.4, -0.2) is 24.7 Å². The van der Waals surface area contributed by atoms with E-state index in [1.54, 1.807) is 6.07 Å². The molecule has 0 aliphatic heterocycles. The van der Waals surface area contributed by atoms with Crippen LogP contribution in [0.4, 0.5) is 0 Å². The Bertz CT molecular complexity index is 456. The molecule has 0 fully saturated rings. The molecule has 0 aliphatic rings. The second kappa shape index (κ2) is 5.63. The Morgan fingerprint density at radius 1 is 1.25 bits per heavy atom. The van der Waals surface area contributed by atoms with Crippen LogP contribution in [0, 0.1) is 0 Å². The monoisotopic (exact) mass is 264 g/mol. The van der Waals surface area contributed by atoms with E-state index in [1.165, 1.54) is 12.1 Å². The lowest BCUT2D eigenvalue weighted by atomic mass is 10.1. The number of rotatable bonds is 5. The van der Waals surface area contributed by atoms with Gasteiger partial charge in [0.2, 0.25) is 0 Å². The highest BCUT2D eigenvalue weighted by molar-refractivity contribution is 7.85. The Hall–Kier alpha value is -0.620. The number of aliphatic hydroxyl groups is 1. The van der Waals surface area contributed by atoms with E-state index in [0.717, 1.165) is 0 Å². The molecule has 1 aromatic rings. The lowest BCUT2D eigenvalue weighted by Gasteiger charge is -2.08. The molecule has 0 aromatic heterocycles. The van der Waals surface area contributed by atoms with Gasteiger partial charge in [-0.2, -0.15) is 8.42 Å². The first-order chi connectivity index (χ1) is 7.46. The predicted molar refractivity (Wildman–Crippen MR) is 61.3 cm³/mol. The third-order valence-electron chi connectivity index (χ3n) is 2.19. The Balaban J connectivity index is 3.05. The van der Waals surface area contributed by atoms with Gasteiger partial charge < -0.3 is 5.11 Å². The summed E-state index contributed by atoms with van der Waals surface area (Å²) in [6.45, 7) is 0.0473. The molecule has 0 radical (unpaired) electrons. The van der Waals surface area contributed by atoms with Crippen molar-refractivity contribution >= 4 is 21.7 Å². The number of halogens is 1. The smallest absolute Gasteiger partial charge is 0.294 e. The van der Waals surface area contributed by atoms with E-state index in [1.807, 2.05) is 0 Å². The van der Waals surface area contributed by atoms with E-state index in [4.69, 9.17) is 21.3 Å². The van der Waals surface area contributed by atoms with Crippen molar-refractivity contribution in [2.24, 2.45) is 0 Å². The van der Waals surface area contributed by atoms with E-state index >= 15 is 0 Å². The Morgan fingerprint density at radius 3 is 2.50 bits per heavy atom. The van der Waals surface area contributed by atoms with Gasteiger partial charge in [0.25, 0.3) is 10.1 Å². The standard InChI is InChI=1S/C10H13ClO4S/c11-9-5-3-6-10(16(13,14)15)8(9)4-1-2-7-12/h3,5-6,12H,1-2,4,7H2,(H,13,14,15). The zero-order valence-electron chi connectivity index (χ0n) is 8.56. The van der Waals surface area contributed by atoms with Crippen molar-refractivity contribution in [2.45, 2.75) is 24.2 Å². The summed E-state index contributed by atoms with van der Waals surface area (Å²) >= 11 is 5.88. The van der Waals surface area contributed by atoms with Crippen molar-refractivity contribution in [3.05, 3.63) is 28.8 Å². The topological polar surface area (TPSA) is 74.6 Å². The molecular weight excluding hydrogens is 252 g/mol. The maximum Gasteiger partial charge on any atom is 0.294 e. The lowest BCUT2D eigenvalue weighted by molar-refractivity contribution is 0.284. The Labute approximate surface area is 99.6 Å². The molecule has 0 saturated carbocycles. The molecule has 0 bridgehead atoms. The molecule has 0 amide bonds. The molecule has 0 saturated heterocycles. The van der Waals surface area contributed by atoms with Crippen molar-refractivity contribution in [2.75, 3.05) is 6.61 Å². The van der Waals surface area contributed by atoms with Crippen molar-refractivity contribution in [1.29, 1.82) is 0 Å². The third kappa shape index (κ3) is 3.45. The van der Waals surface area contributed by atoms with Gasteiger partial charge in [-0.05, 0) is 37.0 Å². The second-order valence-corrected chi connectivity index (χ2v) is 5.17. The fraction of sp³-hybridized carbons (Fsp3) is 0.400. The quantitative estimate of drug-likeness (QED) is 0.629. The fourth-order valence-corrected chi connectivity index (χ4v) is 2.54. The fourth-order valence-electron chi connectivity index (χ4n) is 1.44. The second-order valence-electron chi connectivity index (χ2n) is 3.37. The molecule has 16 heavy (non-hydrogen) atoms. The SMILES string of the molecule is O=S(=O)(O)c1cccc(Cl)c1CCCCO. The van der Waals surface area contributed by atoms with Crippen molar-refractivity contribution < 1.29 is 18.1 Å². The number of unbranched alkanes of at least 4 members (excludes halogenated alkanes) is 1. The summed E-state index contributed by atoms with van der Waals surface area (Å²) in [6.07, 6.45) is 1.59. The van der Waals surface area contributed by atoms with Crippen LogP contribution in [0.5, 0.6) is 0 Å². The summed E-state index contributed by atoms with van der Waals surface area (Å²) in [5.74, 6) is 0. The van der Waals surface area contributed by atoms with Crippen LogP contribution >= 0.6 is 11.6 Å². The molecule has 4 nitrogen and oxygen atoms in total. The first kappa shape index (κ1) is 13.4. The van der Waals surface area contributed by atoms with E-state index < -0.39 is 10.1 Å². The van der Waals surface area contributed by atoms with Crippen LogP contribution < -0.4 is 0 Å². The third-order valence-corrected chi connectivity index (χ3v) is 3.48. The van der Waals surface area contributed by atoms with Crippen LogP contribution in [0.1, 0.15) is 18.4 Å². The molecule has 1 aromatic carbocycles. The molecule has 0 unspecified atom stereocenters. The average molecular weight is 265 g/mol. The highest BCUT2D eigenvalue weighted by Gasteiger charge is 2.16. The zero-order valence-corrected chi connectivity index (χ0v) is 10.1. The maximum absolute atomic E-state index is 11.1. The van der Waals surface area contributed by atoms with Crippen LogP contribution in [0.25, 0.3) is 0 Å². The van der Waals surface area contributed by atoms with E-state index in [0.29, 0.717) is 29.8 Å². The molecule has 0 aliphatic carbocycles. The number of benzene rings is 1. The molecule has 1 rings (SSSR count). The van der Waals surface area contributed by atoms with Gasteiger partial charge in [0, 0.05) is 11.6 Å². The molecule has 0 heterocycles. The summed E-state index contributed by atoms with van der Waals surface area (Å²) in [4.78, 5) is -0.155. The minimum atomic E-state index is -4.24. The molecule has 6 heteroatoms. The van der Waals surface area contributed by atoms with Crippen LogP contribution in [0.2, 0.25) is 5.02 Å². The van der Waals surface area contributed by atoms with E-state index in [9.17, 15) is 8.42 Å². The first-order valence-electron chi connectivity index (χ1n) is 4.82.